The molecule has 1 aromatic carbocycles. The maximum Gasteiger partial charge on any atom is 0.0428 e. The van der Waals surface area contributed by atoms with Crippen LogP contribution in [0.25, 0.3) is 0 Å². The van der Waals surface area contributed by atoms with Gasteiger partial charge in [0.15, 0.2) is 0 Å². The van der Waals surface area contributed by atoms with Crippen molar-refractivity contribution in [2.24, 2.45) is 0 Å². The van der Waals surface area contributed by atoms with Crippen LogP contribution >= 0.6 is 0 Å². The molecule has 1 atom stereocenters. The average Bonchev–Trinajstić information content (AvgIpc) is 2.73. The van der Waals surface area contributed by atoms with Gasteiger partial charge in [0.05, 0.1) is 0 Å². The van der Waals surface area contributed by atoms with Gasteiger partial charge in [-0.2, -0.15) is 0 Å². The van der Waals surface area contributed by atoms with Gasteiger partial charge in [-0.25, -0.2) is 0 Å². The Morgan fingerprint density at radius 1 is 1.22 bits per heavy atom. The minimum absolute atomic E-state index is 0.720. The SMILES string of the molecule is CNCCC1CCCN1c1c(C)cc(C)cc1C. The van der Waals surface area contributed by atoms with E-state index in [9.17, 15) is 0 Å². The summed E-state index contributed by atoms with van der Waals surface area (Å²) in [4.78, 5) is 2.64. The number of hydrogen-bond donors (Lipinski definition) is 1. The standard InChI is InChI=1S/C16H26N2/c1-12-10-13(2)16(14(3)11-12)18-9-5-6-15(18)7-8-17-4/h10-11,15,17H,5-9H2,1-4H3. The lowest BCUT2D eigenvalue weighted by molar-refractivity contribution is 0.584. The lowest BCUT2D eigenvalue weighted by atomic mass is 10.0. The molecule has 0 radical (unpaired) electrons. The van der Waals surface area contributed by atoms with Crippen molar-refractivity contribution in [2.75, 3.05) is 25.0 Å². The first-order chi connectivity index (χ1) is 8.63. The first-order valence-corrected chi connectivity index (χ1v) is 7.12. The first kappa shape index (κ1) is 13.4. The Morgan fingerprint density at radius 3 is 2.50 bits per heavy atom. The summed E-state index contributed by atoms with van der Waals surface area (Å²) in [5.41, 5.74) is 5.73. The third-order valence-electron chi connectivity index (χ3n) is 4.03. The smallest absolute Gasteiger partial charge is 0.0428 e. The molecule has 1 N–H and O–H groups in total. The zero-order valence-electron chi connectivity index (χ0n) is 12.2. The highest BCUT2D eigenvalue weighted by molar-refractivity contribution is 5.61. The summed E-state index contributed by atoms with van der Waals surface area (Å²) in [6, 6.07) is 5.35. The van der Waals surface area contributed by atoms with Gasteiger partial charge in [0.1, 0.15) is 0 Å². The average molecular weight is 246 g/mol. The van der Waals surface area contributed by atoms with Gasteiger partial charge in [0, 0.05) is 18.3 Å². The summed E-state index contributed by atoms with van der Waals surface area (Å²) in [5.74, 6) is 0. The third kappa shape index (κ3) is 2.69. The molecule has 1 saturated heterocycles. The minimum Gasteiger partial charge on any atom is -0.368 e. The molecule has 1 aliphatic heterocycles. The molecule has 1 aliphatic rings. The minimum atomic E-state index is 0.720. The van der Waals surface area contributed by atoms with Gasteiger partial charge in [-0.1, -0.05) is 17.7 Å². The molecule has 2 heteroatoms. The number of nitrogens with zero attached hydrogens (tertiary/aromatic N) is 1. The van der Waals surface area contributed by atoms with Crippen molar-refractivity contribution in [2.45, 2.75) is 46.1 Å². The maximum atomic E-state index is 3.28. The molecule has 1 heterocycles. The van der Waals surface area contributed by atoms with Crippen LogP contribution in [0.4, 0.5) is 5.69 Å². The van der Waals surface area contributed by atoms with Crippen molar-refractivity contribution >= 4 is 5.69 Å². The maximum absolute atomic E-state index is 3.28. The fourth-order valence-electron chi connectivity index (χ4n) is 3.37. The Morgan fingerprint density at radius 2 is 1.89 bits per heavy atom. The molecule has 0 saturated carbocycles. The van der Waals surface area contributed by atoms with Crippen molar-refractivity contribution in [3.63, 3.8) is 0 Å². The molecule has 0 aliphatic carbocycles. The number of rotatable bonds is 4. The first-order valence-electron chi connectivity index (χ1n) is 7.12. The van der Waals surface area contributed by atoms with Crippen LogP contribution < -0.4 is 10.2 Å². The van der Waals surface area contributed by atoms with Gasteiger partial charge in [-0.15, -0.1) is 0 Å². The lowest BCUT2D eigenvalue weighted by Gasteiger charge is -2.30. The Hall–Kier alpha value is -1.02. The highest BCUT2D eigenvalue weighted by Crippen LogP contribution is 2.33. The Kier molecular flexibility index (Phi) is 4.28. The monoisotopic (exact) mass is 246 g/mol. The largest absolute Gasteiger partial charge is 0.368 e. The van der Waals surface area contributed by atoms with Crippen LogP contribution in [0.1, 0.15) is 36.0 Å². The second-order valence-corrected chi connectivity index (χ2v) is 5.63. The fraction of sp³-hybridized carbons (Fsp3) is 0.625. The van der Waals surface area contributed by atoms with Gasteiger partial charge in [0.25, 0.3) is 0 Å². The van der Waals surface area contributed by atoms with Crippen molar-refractivity contribution in [3.8, 4) is 0 Å². The van der Waals surface area contributed by atoms with E-state index in [4.69, 9.17) is 0 Å². The summed E-state index contributed by atoms with van der Waals surface area (Å²) < 4.78 is 0. The van der Waals surface area contributed by atoms with Gasteiger partial charge in [-0.05, 0) is 64.8 Å². The molecule has 0 spiro atoms. The highest BCUT2D eigenvalue weighted by Gasteiger charge is 2.26. The van der Waals surface area contributed by atoms with E-state index in [0.717, 1.165) is 12.6 Å². The fourth-order valence-corrected chi connectivity index (χ4v) is 3.37. The van der Waals surface area contributed by atoms with Crippen LogP contribution in [-0.2, 0) is 0 Å². The molecule has 0 amide bonds. The van der Waals surface area contributed by atoms with E-state index in [1.165, 1.54) is 48.2 Å². The highest BCUT2D eigenvalue weighted by atomic mass is 15.2. The van der Waals surface area contributed by atoms with Gasteiger partial charge in [-0.3, -0.25) is 0 Å². The van der Waals surface area contributed by atoms with E-state index < -0.39 is 0 Å². The van der Waals surface area contributed by atoms with E-state index in [-0.39, 0.29) is 0 Å². The van der Waals surface area contributed by atoms with E-state index in [0.29, 0.717) is 0 Å². The topological polar surface area (TPSA) is 15.3 Å². The normalized spacial score (nSPS) is 19.6. The van der Waals surface area contributed by atoms with Crippen molar-refractivity contribution < 1.29 is 0 Å². The lowest BCUT2D eigenvalue weighted by Crippen LogP contribution is -2.32. The predicted molar refractivity (Wildman–Crippen MR) is 79.6 cm³/mol. The van der Waals surface area contributed by atoms with Crippen LogP contribution in [0.15, 0.2) is 12.1 Å². The molecule has 18 heavy (non-hydrogen) atoms. The quantitative estimate of drug-likeness (QED) is 0.877. The van der Waals surface area contributed by atoms with Crippen molar-refractivity contribution in [1.82, 2.24) is 5.32 Å². The molecule has 0 aromatic heterocycles. The second kappa shape index (κ2) is 5.75. The van der Waals surface area contributed by atoms with Crippen LogP contribution in [-0.4, -0.2) is 26.2 Å². The van der Waals surface area contributed by atoms with E-state index >= 15 is 0 Å². The van der Waals surface area contributed by atoms with E-state index in [1.807, 2.05) is 7.05 Å². The number of benzene rings is 1. The molecule has 2 rings (SSSR count). The summed E-state index contributed by atoms with van der Waals surface area (Å²) in [7, 11) is 2.04. The number of hydrogen-bond acceptors (Lipinski definition) is 2. The Balaban J connectivity index is 2.24. The zero-order valence-corrected chi connectivity index (χ0v) is 12.2. The van der Waals surface area contributed by atoms with E-state index in [1.54, 1.807) is 0 Å². The summed E-state index contributed by atoms with van der Waals surface area (Å²) in [6.45, 7) is 9.03. The molecule has 1 aromatic rings. The van der Waals surface area contributed by atoms with Crippen LogP contribution in [0, 0.1) is 20.8 Å². The molecule has 1 unspecified atom stereocenters. The molecule has 2 nitrogen and oxygen atoms in total. The number of nitrogens with one attached hydrogen (secondary N) is 1. The van der Waals surface area contributed by atoms with Crippen LogP contribution in [0.5, 0.6) is 0 Å². The van der Waals surface area contributed by atoms with Crippen LogP contribution in [0.2, 0.25) is 0 Å². The summed E-state index contributed by atoms with van der Waals surface area (Å²) in [5, 5.41) is 3.28. The van der Waals surface area contributed by atoms with Crippen molar-refractivity contribution in [1.29, 1.82) is 0 Å². The second-order valence-electron chi connectivity index (χ2n) is 5.63. The Bertz CT molecular complexity index is 389. The molecule has 1 fully saturated rings. The predicted octanol–water partition coefficient (Wildman–Crippen LogP) is 3.19. The van der Waals surface area contributed by atoms with Gasteiger partial charge < -0.3 is 10.2 Å². The summed E-state index contributed by atoms with van der Waals surface area (Å²) in [6.07, 6.45) is 3.93. The number of anilines is 1. The van der Waals surface area contributed by atoms with Crippen molar-refractivity contribution in [3.05, 3.63) is 28.8 Å². The molecular formula is C16H26N2. The molecule has 100 valence electrons. The zero-order chi connectivity index (χ0) is 13.1. The van der Waals surface area contributed by atoms with Gasteiger partial charge in [0.2, 0.25) is 0 Å². The number of aryl methyl sites for hydroxylation is 3. The third-order valence-corrected chi connectivity index (χ3v) is 4.03. The molecular weight excluding hydrogens is 220 g/mol. The van der Waals surface area contributed by atoms with Crippen LogP contribution in [0.3, 0.4) is 0 Å². The summed E-state index contributed by atoms with van der Waals surface area (Å²) >= 11 is 0. The van der Waals surface area contributed by atoms with Gasteiger partial charge >= 0.3 is 0 Å². The van der Waals surface area contributed by atoms with E-state index in [2.05, 4.69) is 43.1 Å². The molecule has 0 bridgehead atoms. The Labute approximate surface area is 111 Å².